The lowest BCUT2D eigenvalue weighted by atomic mass is 10.1. The molecule has 0 bridgehead atoms. The fourth-order valence-electron chi connectivity index (χ4n) is 3.95. The minimum Gasteiger partial charge on any atom is -0.496 e. The maximum atomic E-state index is 13.1. The Kier molecular flexibility index (Phi) is 9.06. The van der Waals surface area contributed by atoms with Crippen molar-refractivity contribution in [3.8, 4) is 5.75 Å². The Morgan fingerprint density at radius 1 is 1.06 bits per heavy atom. The van der Waals surface area contributed by atoms with Crippen LogP contribution in [-0.2, 0) is 21.2 Å². The summed E-state index contributed by atoms with van der Waals surface area (Å²) in [5.74, 6) is 0.0156. The number of ether oxygens (including phenoxy) is 1. The highest BCUT2D eigenvalue weighted by Crippen LogP contribution is 2.27. The highest BCUT2D eigenvalue weighted by atomic mass is 32.2. The van der Waals surface area contributed by atoms with E-state index in [4.69, 9.17) is 4.74 Å². The second-order valence-corrected chi connectivity index (χ2v) is 10.2. The first-order chi connectivity index (χ1) is 16.4. The fraction of sp³-hybridized carbons (Fsp3) is 0.440. The third-order valence-corrected chi connectivity index (χ3v) is 7.70. The van der Waals surface area contributed by atoms with Crippen LogP contribution >= 0.6 is 0 Å². The van der Waals surface area contributed by atoms with E-state index in [0.717, 1.165) is 25.7 Å². The third kappa shape index (κ3) is 6.36. The molecule has 1 saturated heterocycles. The van der Waals surface area contributed by atoms with Crippen LogP contribution in [0.1, 0.15) is 54.9 Å². The Balaban J connectivity index is 1.71. The van der Waals surface area contributed by atoms with E-state index >= 15 is 0 Å². The maximum absolute atomic E-state index is 13.1. The Labute approximate surface area is 201 Å². The number of para-hydroxylation sites is 1. The molecule has 0 aromatic heterocycles. The van der Waals surface area contributed by atoms with Crippen LogP contribution in [0.5, 0.6) is 5.75 Å². The number of benzene rings is 2. The number of anilines is 1. The van der Waals surface area contributed by atoms with Crippen molar-refractivity contribution in [3.05, 3.63) is 53.6 Å². The topological polar surface area (TPSA) is 105 Å². The number of piperidine rings is 1. The largest absolute Gasteiger partial charge is 0.496 e. The van der Waals surface area contributed by atoms with Gasteiger partial charge in [0.25, 0.3) is 5.91 Å². The second kappa shape index (κ2) is 12.0. The Morgan fingerprint density at radius 2 is 1.79 bits per heavy atom. The number of hydrogen-bond donors (Lipinski definition) is 2. The van der Waals surface area contributed by atoms with Crippen molar-refractivity contribution in [1.82, 2.24) is 9.62 Å². The van der Waals surface area contributed by atoms with Gasteiger partial charge in [0.05, 0.1) is 23.3 Å². The van der Waals surface area contributed by atoms with Gasteiger partial charge in [-0.3, -0.25) is 9.59 Å². The molecule has 8 nitrogen and oxygen atoms in total. The molecular formula is C25H33N3O5S. The first-order valence-electron chi connectivity index (χ1n) is 11.7. The van der Waals surface area contributed by atoms with Crippen molar-refractivity contribution >= 4 is 27.5 Å². The lowest BCUT2D eigenvalue weighted by molar-refractivity contribution is -0.116. The van der Waals surface area contributed by atoms with Gasteiger partial charge in [-0.15, -0.1) is 0 Å². The van der Waals surface area contributed by atoms with E-state index in [1.165, 1.54) is 11.4 Å². The van der Waals surface area contributed by atoms with E-state index in [0.29, 0.717) is 48.6 Å². The molecule has 0 spiro atoms. The highest BCUT2D eigenvalue weighted by molar-refractivity contribution is 7.89. The summed E-state index contributed by atoms with van der Waals surface area (Å²) >= 11 is 0. The number of methoxy groups -OCH3 is 1. The molecule has 1 aliphatic heterocycles. The summed E-state index contributed by atoms with van der Waals surface area (Å²) in [5.41, 5.74) is 1.48. The molecule has 2 amide bonds. The van der Waals surface area contributed by atoms with E-state index in [1.54, 1.807) is 42.5 Å². The smallest absolute Gasteiger partial charge is 0.253 e. The average molecular weight is 488 g/mol. The van der Waals surface area contributed by atoms with Crippen molar-refractivity contribution in [1.29, 1.82) is 0 Å². The van der Waals surface area contributed by atoms with Gasteiger partial charge in [0, 0.05) is 26.1 Å². The molecule has 184 valence electrons. The van der Waals surface area contributed by atoms with E-state index in [-0.39, 0.29) is 23.1 Å². The molecule has 1 aliphatic rings. The number of nitrogens with zero attached hydrogens (tertiary/aromatic N) is 1. The van der Waals surface area contributed by atoms with Crippen LogP contribution in [0.25, 0.3) is 0 Å². The highest BCUT2D eigenvalue weighted by Gasteiger charge is 2.26. The number of carbonyl (C=O) groups is 2. The summed E-state index contributed by atoms with van der Waals surface area (Å²) in [6, 6.07) is 11.6. The van der Waals surface area contributed by atoms with Gasteiger partial charge in [-0.25, -0.2) is 8.42 Å². The van der Waals surface area contributed by atoms with Gasteiger partial charge in [-0.2, -0.15) is 4.31 Å². The predicted molar refractivity (Wildman–Crippen MR) is 132 cm³/mol. The van der Waals surface area contributed by atoms with Crippen LogP contribution in [0.2, 0.25) is 0 Å². The van der Waals surface area contributed by atoms with Crippen LogP contribution in [0, 0.1) is 0 Å². The Hall–Kier alpha value is -2.91. The molecule has 9 heteroatoms. The van der Waals surface area contributed by atoms with Crippen molar-refractivity contribution in [2.24, 2.45) is 0 Å². The van der Waals surface area contributed by atoms with Gasteiger partial charge in [0.15, 0.2) is 0 Å². The van der Waals surface area contributed by atoms with Crippen molar-refractivity contribution in [2.45, 2.75) is 50.3 Å². The number of nitrogens with one attached hydrogen (secondary N) is 2. The zero-order valence-corrected chi connectivity index (χ0v) is 20.6. The lowest BCUT2D eigenvalue weighted by Gasteiger charge is -2.26. The lowest BCUT2D eigenvalue weighted by Crippen LogP contribution is -2.35. The summed E-state index contributed by atoms with van der Waals surface area (Å²) in [4.78, 5) is 25.3. The standard InChI is InChI=1S/C25H33N3O5S/c1-3-15-26-25(30)21-9-5-6-10-22(21)27-24(29)14-11-19-18-20(12-13-23(19)33-2)34(31,32)28-16-7-4-8-17-28/h5-6,9-10,12-13,18H,3-4,7-8,11,14-17H2,1-2H3,(H,26,30)(H,27,29). The second-order valence-electron chi connectivity index (χ2n) is 8.29. The molecule has 2 aromatic carbocycles. The van der Waals surface area contributed by atoms with Gasteiger partial charge in [0.1, 0.15) is 5.75 Å². The van der Waals surface area contributed by atoms with Crippen molar-refractivity contribution < 1.29 is 22.7 Å². The zero-order chi connectivity index (χ0) is 24.6. The summed E-state index contributed by atoms with van der Waals surface area (Å²) in [7, 11) is -2.07. The van der Waals surface area contributed by atoms with E-state index < -0.39 is 10.0 Å². The molecule has 2 N–H and O–H groups in total. The molecule has 0 aliphatic carbocycles. The third-order valence-electron chi connectivity index (χ3n) is 5.81. The first-order valence-corrected chi connectivity index (χ1v) is 13.1. The monoisotopic (exact) mass is 487 g/mol. The van der Waals surface area contributed by atoms with Crippen molar-refractivity contribution in [3.63, 3.8) is 0 Å². The molecule has 0 unspecified atom stereocenters. The van der Waals surface area contributed by atoms with E-state index in [2.05, 4.69) is 10.6 Å². The summed E-state index contributed by atoms with van der Waals surface area (Å²) in [5, 5.41) is 5.62. The van der Waals surface area contributed by atoms with Gasteiger partial charge < -0.3 is 15.4 Å². The van der Waals surface area contributed by atoms with E-state index in [9.17, 15) is 18.0 Å². The molecule has 0 atom stereocenters. The number of amides is 2. The maximum Gasteiger partial charge on any atom is 0.253 e. The molecule has 3 rings (SSSR count). The average Bonchev–Trinajstić information content (AvgIpc) is 2.86. The molecule has 1 heterocycles. The summed E-state index contributed by atoms with van der Waals surface area (Å²) < 4.78 is 33.1. The molecule has 1 fully saturated rings. The SMILES string of the molecule is CCCNC(=O)c1ccccc1NC(=O)CCc1cc(S(=O)(=O)N2CCCCC2)ccc1OC. The molecule has 0 saturated carbocycles. The van der Waals surface area contributed by atoms with Crippen LogP contribution < -0.4 is 15.4 Å². The van der Waals surface area contributed by atoms with Gasteiger partial charge in [0.2, 0.25) is 15.9 Å². The van der Waals surface area contributed by atoms with Crippen LogP contribution in [0.15, 0.2) is 47.4 Å². The molecule has 2 aromatic rings. The Bertz CT molecular complexity index is 1110. The number of hydrogen-bond acceptors (Lipinski definition) is 5. The minimum absolute atomic E-state index is 0.106. The molecular weight excluding hydrogens is 454 g/mol. The number of sulfonamides is 1. The normalized spacial score (nSPS) is 14.4. The quantitative estimate of drug-likeness (QED) is 0.533. The van der Waals surface area contributed by atoms with Gasteiger partial charge >= 0.3 is 0 Å². The summed E-state index contributed by atoms with van der Waals surface area (Å²) in [6.07, 6.45) is 3.98. The van der Waals surface area contributed by atoms with Gasteiger partial charge in [-0.05, 0) is 61.6 Å². The van der Waals surface area contributed by atoms with Crippen LogP contribution in [-0.4, -0.2) is 51.3 Å². The number of carbonyl (C=O) groups excluding carboxylic acids is 2. The Morgan fingerprint density at radius 3 is 2.50 bits per heavy atom. The van der Waals surface area contributed by atoms with Crippen molar-refractivity contribution in [2.75, 3.05) is 32.1 Å². The van der Waals surface area contributed by atoms with Crippen LogP contribution in [0.3, 0.4) is 0 Å². The molecule has 34 heavy (non-hydrogen) atoms. The zero-order valence-electron chi connectivity index (χ0n) is 19.8. The van der Waals surface area contributed by atoms with Gasteiger partial charge in [-0.1, -0.05) is 25.5 Å². The predicted octanol–water partition coefficient (Wildman–Crippen LogP) is 3.58. The number of aryl methyl sites for hydroxylation is 1. The number of rotatable bonds is 10. The summed E-state index contributed by atoms with van der Waals surface area (Å²) in [6.45, 7) is 3.57. The minimum atomic E-state index is -3.59. The van der Waals surface area contributed by atoms with E-state index in [1.807, 2.05) is 6.92 Å². The molecule has 0 radical (unpaired) electrons. The van der Waals surface area contributed by atoms with Crippen LogP contribution in [0.4, 0.5) is 5.69 Å². The first kappa shape index (κ1) is 25.7. The fourth-order valence-corrected chi connectivity index (χ4v) is 5.52.